The average molecular weight is 231 g/mol. The van der Waals surface area contributed by atoms with Gasteiger partial charge in [-0.3, -0.25) is 0 Å². The second kappa shape index (κ2) is 5.58. The van der Waals surface area contributed by atoms with Crippen LogP contribution in [0.4, 0.5) is 11.4 Å². The van der Waals surface area contributed by atoms with Crippen LogP contribution in [0.3, 0.4) is 0 Å². The van der Waals surface area contributed by atoms with Gasteiger partial charge in [-0.15, -0.1) is 0 Å². The Morgan fingerprint density at radius 1 is 1.35 bits per heavy atom. The Hall–Kier alpha value is -1.69. The van der Waals surface area contributed by atoms with Crippen LogP contribution in [0.5, 0.6) is 0 Å². The Labute approximate surface area is 104 Å². The van der Waals surface area contributed by atoms with E-state index in [9.17, 15) is 0 Å². The van der Waals surface area contributed by atoms with Gasteiger partial charge in [0, 0.05) is 13.1 Å². The van der Waals surface area contributed by atoms with E-state index in [0.717, 1.165) is 12.1 Å². The monoisotopic (exact) mass is 231 g/mol. The zero-order valence-corrected chi connectivity index (χ0v) is 11.1. The van der Waals surface area contributed by atoms with Gasteiger partial charge in [-0.05, 0) is 31.4 Å². The molecule has 1 aromatic rings. The lowest BCUT2D eigenvalue weighted by Gasteiger charge is -2.29. The van der Waals surface area contributed by atoms with E-state index in [1.807, 2.05) is 19.2 Å². The molecule has 0 saturated heterocycles. The summed E-state index contributed by atoms with van der Waals surface area (Å²) in [5, 5.41) is 8.96. The van der Waals surface area contributed by atoms with Crippen LogP contribution >= 0.6 is 0 Å². The molecule has 1 rings (SSSR count). The van der Waals surface area contributed by atoms with E-state index in [2.05, 4.69) is 31.7 Å². The van der Waals surface area contributed by atoms with Gasteiger partial charge in [-0.2, -0.15) is 5.26 Å². The number of nitriles is 1. The lowest BCUT2D eigenvalue weighted by Crippen LogP contribution is -2.30. The molecule has 0 bridgehead atoms. The highest BCUT2D eigenvalue weighted by Gasteiger charge is 2.15. The molecule has 1 atom stereocenters. The molecular weight excluding hydrogens is 210 g/mol. The third-order valence-corrected chi connectivity index (χ3v) is 3.06. The van der Waals surface area contributed by atoms with Crippen LogP contribution in [0.15, 0.2) is 18.2 Å². The molecule has 0 aliphatic heterocycles. The minimum atomic E-state index is 0.409. The first-order valence-corrected chi connectivity index (χ1v) is 5.98. The van der Waals surface area contributed by atoms with Crippen molar-refractivity contribution in [1.29, 1.82) is 5.26 Å². The summed E-state index contributed by atoms with van der Waals surface area (Å²) in [7, 11) is 2.03. The van der Waals surface area contributed by atoms with Crippen molar-refractivity contribution in [2.45, 2.75) is 33.2 Å². The highest BCUT2D eigenvalue weighted by atomic mass is 15.1. The summed E-state index contributed by atoms with van der Waals surface area (Å²) in [5.41, 5.74) is 8.07. The van der Waals surface area contributed by atoms with Gasteiger partial charge in [-0.1, -0.05) is 19.9 Å². The number of nitrogens with two attached hydrogens (primary N) is 1. The molecule has 0 heterocycles. The number of nitrogens with zero attached hydrogens (tertiary/aromatic N) is 2. The summed E-state index contributed by atoms with van der Waals surface area (Å²) in [6.07, 6.45) is 1.10. The van der Waals surface area contributed by atoms with Crippen LogP contribution in [0.25, 0.3) is 0 Å². The highest BCUT2D eigenvalue weighted by Crippen LogP contribution is 2.27. The van der Waals surface area contributed by atoms with Gasteiger partial charge in [0.15, 0.2) is 0 Å². The molecule has 0 fully saturated rings. The maximum Gasteiger partial charge on any atom is 0.101 e. The van der Waals surface area contributed by atoms with E-state index < -0.39 is 0 Å². The molecule has 0 aliphatic carbocycles. The van der Waals surface area contributed by atoms with Gasteiger partial charge < -0.3 is 10.6 Å². The quantitative estimate of drug-likeness (QED) is 0.810. The van der Waals surface area contributed by atoms with E-state index in [1.165, 1.54) is 0 Å². The van der Waals surface area contributed by atoms with Gasteiger partial charge in [-0.25, -0.2) is 0 Å². The Morgan fingerprint density at radius 3 is 2.53 bits per heavy atom. The fraction of sp³-hybridized carbons (Fsp3) is 0.500. The second-order valence-corrected chi connectivity index (χ2v) is 4.94. The molecule has 0 spiro atoms. The Morgan fingerprint density at radius 2 is 2.00 bits per heavy atom. The maximum atomic E-state index is 8.96. The molecule has 92 valence electrons. The number of nitrogen functional groups attached to an aromatic ring is 1. The number of benzene rings is 1. The van der Waals surface area contributed by atoms with Gasteiger partial charge in [0.1, 0.15) is 6.07 Å². The molecule has 3 heteroatoms. The van der Waals surface area contributed by atoms with Crippen molar-refractivity contribution in [2.75, 3.05) is 17.7 Å². The van der Waals surface area contributed by atoms with Crippen molar-refractivity contribution >= 4 is 11.4 Å². The van der Waals surface area contributed by atoms with Crippen molar-refractivity contribution in [3.63, 3.8) is 0 Å². The zero-order chi connectivity index (χ0) is 13.0. The number of para-hydroxylation sites is 1. The standard InChI is InChI=1S/C14H21N3/c1-10(2)8-11(3)17(4)13-7-5-6-12(9-15)14(13)16/h5-7,10-11H,8,16H2,1-4H3. The number of hydrogen-bond donors (Lipinski definition) is 1. The predicted molar refractivity (Wildman–Crippen MR) is 72.9 cm³/mol. The Balaban J connectivity index is 2.97. The van der Waals surface area contributed by atoms with E-state index in [0.29, 0.717) is 23.2 Å². The first kappa shape index (κ1) is 13.4. The van der Waals surface area contributed by atoms with Crippen LogP contribution in [0.2, 0.25) is 0 Å². The van der Waals surface area contributed by atoms with Crippen molar-refractivity contribution in [3.8, 4) is 6.07 Å². The first-order chi connectivity index (χ1) is 7.97. The summed E-state index contributed by atoms with van der Waals surface area (Å²) in [4.78, 5) is 2.15. The average Bonchev–Trinajstić information content (AvgIpc) is 2.27. The summed E-state index contributed by atoms with van der Waals surface area (Å²) < 4.78 is 0. The molecule has 1 aromatic carbocycles. The summed E-state index contributed by atoms with van der Waals surface area (Å²) in [5.74, 6) is 0.646. The largest absolute Gasteiger partial charge is 0.396 e. The zero-order valence-electron chi connectivity index (χ0n) is 11.1. The van der Waals surface area contributed by atoms with Gasteiger partial charge >= 0.3 is 0 Å². The molecule has 3 nitrogen and oxygen atoms in total. The smallest absolute Gasteiger partial charge is 0.101 e. The molecular formula is C14H21N3. The summed E-state index contributed by atoms with van der Waals surface area (Å²) in [6, 6.07) is 8.12. The van der Waals surface area contributed by atoms with Crippen molar-refractivity contribution in [1.82, 2.24) is 0 Å². The fourth-order valence-electron chi connectivity index (χ4n) is 2.04. The van der Waals surface area contributed by atoms with Crippen molar-refractivity contribution < 1.29 is 0 Å². The molecule has 1 unspecified atom stereocenters. The Kier molecular flexibility index (Phi) is 4.39. The molecule has 0 saturated carbocycles. The first-order valence-electron chi connectivity index (χ1n) is 5.98. The minimum Gasteiger partial charge on any atom is -0.396 e. The van der Waals surface area contributed by atoms with Crippen LogP contribution in [-0.2, 0) is 0 Å². The van der Waals surface area contributed by atoms with Crippen molar-refractivity contribution in [2.24, 2.45) is 5.92 Å². The molecule has 17 heavy (non-hydrogen) atoms. The fourth-order valence-corrected chi connectivity index (χ4v) is 2.04. The number of anilines is 2. The normalized spacial score (nSPS) is 12.2. The number of rotatable bonds is 4. The minimum absolute atomic E-state index is 0.409. The highest BCUT2D eigenvalue weighted by molar-refractivity contribution is 5.73. The third-order valence-electron chi connectivity index (χ3n) is 3.06. The van der Waals surface area contributed by atoms with E-state index in [-0.39, 0.29) is 0 Å². The molecule has 0 aliphatic rings. The van der Waals surface area contributed by atoms with Gasteiger partial charge in [0.25, 0.3) is 0 Å². The molecule has 0 aromatic heterocycles. The summed E-state index contributed by atoms with van der Waals surface area (Å²) in [6.45, 7) is 6.59. The van der Waals surface area contributed by atoms with Crippen LogP contribution in [0, 0.1) is 17.2 Å². The van der Waals surface area contributed by atoms with Crippen molar-refractivity contribution in [3.05, 3.63) is 23.8 Å². The van der Waals surface area contributed by atoms with Crippen LogP contribution in [-0.4, -0.2) is 13.1 Å². The van der Waals surface area contributed by atoms with E-state index in [1.54, 1.807) is 6.07 Å². The SMILES string of the molecule is CC(C)CC(C)N(C)c1cccc(C#N)c1N. The van der Waals surface area contributed by atoms with Gasteiger partial charge in [0.2, 0.25) is 0 Å². The Bertz CT molecular complexity index is 418. The van der Waals surface area contributed by atoms with Crippen LogP contribution < -0.4 is 10.6 Å². The molecule has 0 amide bonds. The maximum absolute atomic E-state index is 8.96. The summed E-state index contributed by atoms with van der Waals surface area (Å²) >= 11 is 0. The topological polar surface area (TPSA) is 53.0 Å². The lowest BCUT2D eigenvalue weighted by atomic mass is 10.0. The second-order valence-electron chi connectivity index (χ2n) is 4.94. The van der Waals surface area contributed by atoms with Gasteiger partial charge in [0.05, 0.1) is 16.9 Å². The lowest BCUT2D eigenvalue weighted by molar-refractivity contribution is 0.504. The third kappa shape index (κ3) is 3.13. The predicted octanol–water partition coefficient (Wildman–Crippen LogP) is 3.01. The van der Waals surface area contributed by atoms with E-state index >= 15 is 0 Å². The van der Waals surface area contributed by atoms with Crippen LogP contribution in [0.1, 0.15) is 32.8 Å². The molecule has 0 radical (unpaired) electrons. The molecule has 2 N–H and O–H groups in total. The van der Waals surface area contributed by atoms with E-state index in [4.69, 9.17) is 11.0 Å². The number of hydrogen-bond acceptors (Lipinski definition) is 3.